The van der Waals surface area contributed by atoms with Gasteiger partial charge in [0.15, 0.2) is 23.9 Å². The molecule has 0 atom stereocenters. The first-order chi connectivity index (χ1) is 15.1. The molecule has 0 aliphatic heterocycles. The topological polar surface area (TPSA) is 109 Å². The predicted molar refractivity (Wildman–Crippen MR) is 114 cm³/mol. The van der Waals surface area contributed by atoms with E-state index in [0.29, 0.717) is 38.9 Å². The van der Waals surface area contributed by atoms with Gasteiger partial charge in [-0.2, -0.15) is 4.52 Å². The largest absolute Gasteiger partial charge is 0.497 e. The average Bonchev–Trinajstić information content (AvgIpc) is 3.37. The zero-order valence-corrected chi connectivity index (χ0v) is 17.8. The molecule has 0 saturated carbocycles. The molecule has 1 amide bonds. The Morgan fingerprint density at radius 1 is 0.968 bits per heavy atom. The second kappa shape index (κ2) is 8.88. The number of benzene rings is 2. The van der Waals surface area contributed by atoms with E-state index in [-0.39, 0.29) is 12.5 Å². The summed E-state index contributed by atoms with van der Waals surface area (Å²) in [4.78, 5) is 12.8. The van der Waals surface area contributed by atoms with E-state index in [1.807, 2.05) is 6.07 Å². The third-order valence-corrected chi connectivity index (χ3v) is 5.12. The van der Waals surface area contributed by atoms with Crippen LogP contribution in [0.5, 0.6) is 23.0 Å². The third-order valence-electron chi connectivity index (χ3n) is 4.31. The molecule has 0 radical (unpaired) electrons. The number of fused-ring (bicyclic) bond motifs is 1. The lowest BCUT2D eigenvalue weighted by Crippen LogP contribution is -2.20. The minimum absolute atomic E-state index is 0.158. The highest BCUT2D eigenvalue weighted by molar-refractivity contribution is 7.20. The molecule has 0 unspecified atom stereocenters. The quantitative estimate of drug-likeness (QED) is 0.445. The Morgan fingerprint density at radius 2 is 1.71 bits per heavy atom. The highest BCUT2D eigenvalue weighted by Crippen LogP contribution is 2.32. The maximum absolute atomic E-state index is 12.2. The first-order valence-corrected chi connectivity index (χ1v) is 9.94. The van der Waals surface area contributed by atoms with Crippen molar-refractivity contribution >= 4 is 27.3 Å². The molecule has 160 valence electrons. The Kier molecular flexibility index (Phi) is 5.85. The van der Waals surface area contributed by atoms with Gasteiger partial charge in [0, 0.05) is 5.56 Å². The van der Waals surface area contributed by atoms with Crippen molar-refractivity contribution in [1.82, 2.24) is 19.8 Å². The van der Waals surface area contributed by atoms with Gasteiger partial charge < -0.3 is 18.9 Å². The summed E-state index contributed by atoms with van der Waals surface area (Å²) >= 11 is 1.20. The van der Waals surface area contributed by atoms with Crippen molar-refractivity contribution in [3.63, 3.8) is 0 Å². The smallest absolute Gasteiger partial charge is 0.264 e. The molecule has 0 aliphatic rings. The minimum Gasteiger partial charge on any atom is -0.497 e. The van der Waals surface area contributed by atoms with Gasteiger partial charge in [0.2, 0.25) is 10.1 Å². The number of rotatable bonds is 8. The molecule has 11 heteroatoms. The summed E-state index contributed by atoms with van der Waals surface area (Å²) in [6.07, 6.45) is 0. The molecule has 0 saturated heterocycles. The number of methoxy groups -OCH3 is 3. The molecule has 2 aromatic carbocycles. The predicted octanol–water partition coefficient (Wildman–Crippen LogP) is 2.90. The van der Waals surface area contributed by atoms with E-state index in [1.165, 1.54) is 11.3 Å². The van der Waals surface area contributed by atoms with Crippen LogP contribution in [-0.4, -0.2) is 53.7 Å². The zero-order chi connectivity index (χ0) is 21.8. The van der Waals surface area contributed by atoms with E-state index in [4.69, 9.17) is 18.9 Å². The van der Waals surface area contributed by atoms with Gasteiger partial charge in [0.05, 0.1) is 21.3 Å². The summed E-state index contributed by atoms with van der Waals surface area (Å²) in [6.45, 7) is -0.158. The minimum atomic E-state index is -0.339. The summed E-state index contributed by atoms with van der Waals surface area (Å²) in [5.41, 5.74) is 0.746. The van der Waals surface area contributed by atoms with Gasteiger partial charge in [-0.3, -0.25) is 10.1 Å². The SMILES string of the molecule is COc1ccc(OCC(=O)Nc2nn3c(-c4ccc(OC)c(OC)c4)nnc3s2)cc1. The summed E-state index contributed by atoms with van der Waals surface area (Å²) < 4.78 is 22.7. The molecule has 10 nitrogen and oxygen atoms in total. The van der Waals surface area contributed by atoms with Gasteiger partial charge in [-0.05, 0) is 42.5 Å². The molecule has 0 bridgehead atoms. The zero-order valence-electron chi connectivity index (χ0n) is 17.0. The van der Waals surface area contributed by atoms with Crippen LogP contribution in [0.4, 0.5) is 5.13 Å². The lowest BCUT2D eigenvalue weighted by atomic mass is 10.2. The van der Waals surface area contributed by atoms with Gasteiger partial charge in [-0.15, -0.1) is 15.3 Å². The Morgan fingerprint density at radius 3 is 2.42 bits per heavy atom. The molecular formula is C20H19N5O5S. The van der Waals surface area contributed by atoms with E-state index in [9.17, 15) is 4.79 Å². The third kappa shape index (κ3) is 4.36. The van der Waals surface area contributed by atoms with Crippen molar-refractivity contribution in [2.24, 2.45) is 0 Å². The molecule has 1 N–H and O–H groups in total. The number of nitrogens with one attached hydrogen (secondary N) is 1. The summed E-state index contributed by atoms with van der Waals surface area (Å²) in [5.74, 6) is 2.62. The van der Waals surface area contributed by atoms with Crippen LogP contribution in [0.2, 0.25) is 0 Å². The van der Waals surface area contributed by atoms with Crippen molar-refractivity contribution in [2.75, 3.05) is 33.3 Å². The number of anilines is 1. The van der Waals surface area contributed by atoms with Crippen LogP contribution >= 0.6 is 11.3 Å². The second-order valence-electron chi connectivity index (χ2n) is 6.21. The monoisotopic (exact) mass is 441 g/mol. The van der Waals surface area contributed by atoms with Gasteiger partial charge >= 0.3 is 0 Å². The van der Waals surface area contributed by atoms with Crippen LogP contribution < -0.4 is 24.3 Å². The van der Waals surface area contributed by atoms with Gasteiger partial charge in [-0.1, -0.05) is 11.3 Å². The molecule has 2 heterocycles. The number of carbonyl (C=O) groups is 1. The molecular weight excluding hydrogens is 422 g/mol. The summed E-state index contributed by atoms with van der Waals surface area (Å²) in [7, 11) is 4.71. The highest BCUT2D eigenvalue weighted by Gasteiger charge is 2.17. The molecule has 0 fully saturated rings. The number of hydrogen-bond donors (Lipinski definition) is 1. The van der Waals surface area contributed by atoms with Crippen LogP contribution in [0.3, 0.4) is 0 Å². The number of carbonyl (C=O) groups excluding carboxylic acids is 1. The molecule has 0 aliphatic carbocycles. The number of ether oxygens (including phenoxy) is 4. The highest BCUT2D eigenvalue weighted by atomic mass is 32.1. The number of nitrogens with zero attached hydrogens (tertiary/aromatic N) is 4. The average molecular weight is 441 g/mol. The van der Waals surface area contributed by atoms with Crippen LogP contribution in [0.25, 0.3) is 16.3 Å². The van der Waals surface area contributed by atoms with E-state index in [0.717, 1.165) is 5.56 Å². The second-order valence-corrected chi connectivity index (χ2v) is 7.16. The molecule has 31 heavy (non-hydrogen) atoms. The lowest BCUT2D eigenvalue weighted by molar-refractivity contribution is -0.118. The van der Waals surface area contributed by atoms with E-state index < -0.39 is 0 Å². The van der Waals surface area contributed by atoms with Crippen LogP contribution in [0.1, 0.15) is 0 Å². The van der Waals surface area contributed by atoms with Crippen molar-refractivity contribution in [3.05, 3.63) is 42.5 Å². The Bertz CT molecular complexity index is 1200. The fraction of sp³-hybridized carbons (Fsp3) is 0.200. The molecule has 2 aromatic heterocycles. The van der Waals surface area contributed by atoms with E-state index >= 15 is 0 Å². The number of hydrogen-bond acceptors (Lipinski definition) is 9. The fourth-order valence-corrected chi connectivity index (χ4v) is 3.55. The van der Waals surface area contributed by atoms with Crippen molar-refractivity contribution in [2.45, 2.75) is 0 Å². The van der Waals surface area contributed by atoms with E-state index in [2.05, 4.69) is 20.6 Å². The van der Waals surface area contributed by atoms with E-state index in [1.54, 1.807) is 62.2 Å². The molecule has 0 spiro atoms. The van der Waals surface area contributed by atoms with Crippen molar-refractivity contribution in [1.29, 1.82) is 0 Å². The Hall–Kier alpha value is -3.86. The summed E-state index contributed by atoms with van der Waals surface area (Å²) in [6, 6.07) is 12.4. The maximum atomic E-state index is 12.2. The molecule has 4 rings (SSSR count). The normalized spacial score (nSPS) is 10.7. The summed E-state index contributed by atoms with van der Waals surface area (Å²) in [5, 5.41) is 15.8. The van der Waals surface area contributed by atoms with Crippen LogP contribution in [0, 0.1) is 0 Å². The number of aromatic nitrogens is 4. The first kappa shape index (κ1) is 20.4. The van der Waals surface area contributed by atoms with Gasteiger partial charge in [-0.25, -0.2) is 0 Å². The van der Waals surface area contributed by atoms with Gasteiger partial charge in [0.25, 0.3) is 5.91 Å². The standard InChI is InChI=1S/C20H19N5O5S/c1-27-13-5-7-14(8-6-13)30-11-17(26)21-19-24-25-18(22-23-20(25)31-19)12-4-9-15(28-2)16(10-12)29-3/h4-10H,11H2,1-3H3,(H,21,24,26). The Labute approximate surface area is 181 Å². The van der Waals surface area contributed by atoms with Crippen LogP contribution in [-0.2, 0) is 4.79 Å². The number of amides is 1. The van der Waals surface area contributed by atoms with Gasteiger partial charge in [0.1, 0.15) is 11.5 Å². The molecule has 4 aromatic rings. The van der Waals surface area contributed by atoms with Crippen molar-refractivity contribution in [3.8, 4) is 34.4 Å². The maximum Gasteiger partial charge on any atom is 0.264 e. The van der Waals surface area contributed by atoms with Crippen LogP contribution in [0.15, 0.2) is 42.5 Å². The van der Waals surface area contributed by atoms with Crippen molar-refractivity contribution < 1.29 is 23.7 Å². The first-order valence-electron chi connectivity index (χ1n) is 9.12. The lowest BCUT2D eigenvalue weighted by Gasteiger charge is -2.08. The fourth-order valence-electron chi connectivity index (χ4n) is 2.80. The Balaban J connectivity index is 1.46.